The summed E-state index contributed by atoms with van der Waals surface area (Å²) in [4.78, 5) is 14.8. The highest BCUT2D eigenvalue weighted by Gasteiger charge is 2.13. The first-order valence-electron chi connectivity index (χ1n) is 4.31. The van der Waals surface area contributed by atoms with Crippen molar-refractivity contribution in [3.8, 4) is 0 Å². The third-order valence-corrected chi connectivity index (χ3v) is 2.00. The van der Waals surface area contributed by atoms with E-state index in [1.54, 1.807) is 32.4 Å². The molecule has 1 aromatic heterocycles. The van der Waals surface area contributed by atoms with Crippen LogP contribution in [0, 0.1) is 0 Å². The molecule has 1 N–H and O–H groups in total. The lowest BCUT2D eigenvalue weighted by Crippen LogP contribution is -2.08. The van der Waals surface area contributed by atoms with E-state index in [-0.39, 0.29) is 0 Å². The van der Waals surface area contributed by atoms with Crippen molar-refractivity contribution in [3.63, 3.8) is 0 Å². The molecule has 1 unspecified atom stereocenters. The van der Waals surface area contributed by atoms with E-state index >= 15 is 0 Å². The maximum Gasteiger partial charge on any atom is 0.310 e. The highest BCUT2D eigenvalue weighted by atomic mass is 16.5. The summed E-state index contributed by atoms with van der Waals surface area (Å²) in [5.41, 5.74) is 1.50. The van der Waals surface area contributed by atoms with E-state index in [1.165, 1.54) is 0 Å². The van der Waals surface area contributed by atoms with Gasteiger partial charge in [-0.25, -0.2) is 0 Å². The summed E-state index contributed by atoms with van der Waals surface area (Å²) in [5.74, 6) is -1.34. The summed E-state index contributed by atoms with van der Waals surface area (Å²) in [6.07, 6.45) is 1.60. The van der Waals surface area contributed by atoms with Crippen molar-refractivity contribution in [2.24, 2.45) is 0 Å². The monoisotopic (exact) mass is 195 g/mol. The molecule has 1 heterocycles. The number of hydrogen-bond acceptors (Lipinski definition) is 3. The van der Waals surface area contributed by atoms with Gasteiger partial charge in [-0.1, -0.05) is 0 Å². The molecule has 0 amide bonds. The van der Waals surface area contributed by atoms with Crippen LogP contribution < -0.4 is 0 Å². The van der Waals surface area contributed by atoms with E-state index in [9.17, 15) is 4.79 Å². The number of ether oxygens (including phenoxy) is 1. The van der Waals surface area contributed by atoms with Gasteiger partial charge >= 0.3 is 5.97 Å². The first kappa shape index (κ1) is 10.7. The van der Waals surface area contributed by atoms with Crippen LogP contribution in [-0.2, 0) is 16.1 Å². The molecule has 0 aromatic carbocycles. The predicted octanol–water partition coefficient (Wildman–Crippen LogP) is 1.42. The molecule has 0 saturated carbocycles. The normalized spacial score (nSPS) is 12.4. The first-order valence-corrected chi connectivity index (χ1v) is 4.31. The summed E-state index contributed by atoms with van der Waals surface area (Å²) >= 11 is 0. The number of methoxy groups -OCH3 is 1. The summed E-state index contributed by atoms with van der Waals surface area (Å²) in [6.45, 7) is 2.05. The molecule has 0 aliphatic rings. The second-order valence-electron chi connectivity index (χ2n) is 3.07. The van der Waals surface area contributed by atoms with Crippen LogP contribution in [0.4, 0.5) is 0 Å². The maximum atomic E-state index is 10.7. The molecule has 14 heavy (non-hydrogen) atoms. The number of hydrogen-bond donors (Lipinski definition) is 1. The van der Waals surface area contributed by atoms with Crippen LogP contribution in [0.1, 0.15) is 24.1 Å². The standard InChI is InChI=1S/C10H13NO3/c1-7(10(12)13)8-3-4-11-9(5-8)6-14-2/h3-5,7H,6H2,1-2H3,(H,12,13). The average Bonchev–Trinajstić information content (AvgIpc) is 2.17. The highest BCUT2D eigenvalue weighted by Crippen LogP contribution is 2.15. The Balaban J connectivity index is 2.87. The number of nitrogens with zero attached hydrogens (tertiary/aromatic N) is 1. The van der Waals surface area contributed by atoms with Crippen molar-refractivity contribution in [1.82, 2.24) is 4.98 Å². The van der Waals surface area contributed by atoms with Crippen molar-refractivity contribution < 1.29 is 14.6 Å². The second-order valence-corrected chi connectivity index (χ2v) is 3.07. The number of carboxylic acids is 1. The van der Waals surface area contributed by atoms with Crippen LogP contribution in [0.25, 0.3) is 0 Å². The Hall–Kier alpha value is -1.42. The molecular weight excluding hydrogens is 182 g/mol. The van der Waals surface area contributed by atoms with Gasteiger partial charge in [-0.3, -0.25) is 9.78 Å². The van der Waals surface area contributed by atoms with E-state index < -0.39 is 11.9 Å². The molecule has 0 radical (unpaired) electrons. The summed E-state index contributed by atoms with van der Waals surface area (Å²) in [7, 11) is 1.58. The van der Waals surface area contributed by atoms with Gasteiger partial charge in [-0.05, 0) is 24.6 Å². The Morgan fingerprint density at radius 1 is 1.71 bits per heavy atom. The van der Waals surface area contributed by atoms with Gasteiger partial charge in [0, 0.05) is 13.3 Å². The number of aliphatic carboxylic acids is 1. The Bertz CT molecular complexity index is 325. The molecule has 0 bridgehead atoms. The van der Waals surface area contributed by atoms with Gasteiger partial charge in [0.2, 0.25) is 0 Å². The molecule has 0 aliphatic carbocycles. The van der Waals surface area contributed by atoms with Crippen molar-refractivity contribution in [3.05, 3.63) is 29.6 Å². The minimum absolute atomic E-state index is 0.403. The minimum Gasteiger partial charge on any atom is -0.481 e. The fraction of sp³-hybridized carbons (Fsp3) is 0.400. The predicted molar refractivity (Wildman–Crippen MR) is 51.0 cm³/mol. The molecular formula is C10H13NO3. The van der Waals surface area contributed by atoms with Crippen LogP contribution in [0.2, 0.25) is 0 Å². The Morgan fingerprint density at radius 3 is 3.00 bits per heavy atom. The number of carbonyl (C=O) groups is 1. The number of aromatic nitrogens is 1. The van der Waals surface area contributed by atoms with Crippen LogP contribution >= 0.6 is 0 Å². The summed E-state index contributed by atoms with van der Waals surface area (Å²) in [5, 5.41) is 8.80. The van der Waals surface area contributed by atoms with E-state index in [2.05, 4.69) is 4.98 Å². The molecule has 0 saturated heterocycles. The molecule has 1 aromatic rings. The zero-order valence-corrected chi connectivity index (χ0v) is 8.23. The Labute approximate surface area is 82.5 Å². The maximum absolute atomic E-state index is 10.7. The van der Waals surface area contributed by atoms with Gasteiger partial charge in [0.1, 0.15) is 0 Å². The van der Waals surface area contributed by atoms with Gasteiger partial charge in [-0.15, -0.1) is 0 Å². The summed E-state index contributed by atoms with van der Waals surface area (Å²) < 4.78 is 4.91. The van der Waals surface area contributed by atoms with E-state index in [0.29, 0.717) is 6.61 Å². The van der Waals surface area contributed by atoms with E-state index in [1.807, 2.05) is 0 Å². The Kier molecular flexibility index (Phi) is 3.59. The number of carboxylic acid groups (broad SMARTS) is 1. The van der Waals surface area contributed by atoms with Gasteiger partial charge in [0.05, 0.1) is 18.2 Å². The van der Waals surface area contributed by atoms with Crippen LogP contribution in [-0.4, -0.2) is 23.2 Å². The topological polar surface area (TPSA) is 59.4 Å². The molecule has 4 nitrogen and oxygen atoms in total. The van der Waals surface area contributed by atoms with Crippen molar-refractivity contribution in [2.75, 3.05) is 7.11 Å². The van der Waals surface area contributed by atoms with Gasteiger partial charge in [-0.2, -0.15) is 0 Å². The quantitative estimate of drug-likeness (QED) is 0.789. The van der Waals surface area contributed by atoms with Crippen LogP contribution in [0.3, 0.4) is 0 Å². The van der Waals surface area contributed by atoms with Crippen LogP contribution in [0.5, 0.6) is 0 Å². The second kappa shape index (κ2) is 4.72. The zero-order valence-electron chi connectivity index (χ0n) is 8.23. The summed E-state index contributed by atoms with van der Waals surface area (Å²) in [6, 6.07) is 3.46. The zero-order chi connectivity index (χ0) is 10.6. The lowest BCUT2D eigenvalue weighted by Gasteiger charge is -2.07. The van der Waals surface area contributed by atoms with E-state index in [0.717, 1.165) is 11.3 Å². The molecule has 0 spiro atoms. The SMILES string of the molecule is COCc1cc(C(C)C(=O)O)ccn1. The molecule has 1 rings (SSSR count). The molecule has 0 aliphatic heterocycles. The van der Waals surface area contributed by atoms with Crippen molar-refractivity contribution in [2.45, 2.75) is 19.4 Å². The highest BCUT2D eigenvalue weighted by molar-refractivity contribution is 5.75. The smallest absolute Gasteiger partial charge is 0.310 e. The molecule has 0 fully saturated rings. The first-order chi connectivity index (χ1) is 6.65. The van der Waals surface area contributed by atoms with Crippen molar-refractivity contribution in [1.29, 1.82) is 0 Å². The largest absolute Gasteiger partial charge is 0.481 e. The number of pyridine rings is 1. The van der Waals surface area contributed by atoms with Gasteiger partial charge in [0.25, 0.3) is 0 Å². The lowest BCUT2D eigenvalue weighted by molar-refractivity contribution is -0.138. The minimum atomic E-state index is -0.834. The van der Waals surface area contributed by atoms with Crippen LogP contribution in [0.15, 0.2) is 18.3 Å². The number of rotatable bonds is 4. The Morgan fingerprint density at radius 2 is 2.43 bits per heavy atom. The fourth-order valence-electron chi connectivity index (χ4n) is 1.14. The molecule has 4 heteroatoms. The van der Waals surface area contributed by atoms with E-state index in [4.69, 9.17) is 9.84 Å². The van der Waals surface area contributed by atoms with Gasteiger partial charge in [0.15, 0.2) is 0 Å². The van der Waals surface area contributed by atoms with Crippen molar-refractivity contribution >= 4 is 5.97 Å². The molecule has 76 valence electrons. The third-order valence-electron chi connectivity index (χ3n) is 2.00. The fourth-order valence-corrected chi connectivity index (χ4v) is 1.14. The van der Waals surface area contributed by atoms with Gasteiger partial charge < -0.3 is 9.84 Å². The molecule has 1 atom stereocenters. The average molecular weight is 195 g/mol. The third kappa shape index (κ3) is 2.53. The lowest BCUT2D eigenvalue weighted by atomic mass is 10.0.